The van der Waals surface area contributed by atoms with Gasteiger partial charge in [-0.2, -0.15) is 0 Å². The third kappa shape index (κ3) is 3.89. The van der Waals surface area contributed by atoms with Crippen molar-refractivity contribution in [3.8, 4) is 5.75 Å². The van der Waals surface area contributed by atoms with Crippen LogP contribution in [-0.2, 0) is 4.79 Å². The lowest BCUT2D eigenvalue weighted by Crippen LogP contribution is -2.33. The molecule has 126 valence electrons. The average Bonchev–Trinajstić information content (AvgIpc) is 2.61. The molecule has 1 amide bonds. The molecule has 0 aromatic heterocycles. The van der Waals surface area contributed by atoms with Gasteiger partial charge in [0.05, 0.1) is 18.6 Å². The molecular weight excluding hydrogens is 326 g/mol. The topological polar surface area (TPSA) is 58.6 Å². The van der Waals surface area contributed by atoms with E-state index in [2.05, 4.69) is 5.32 Å². The van der Waals surface area contributed by atoms with Crippen LogP contribution in [0.4, 0.5) is 0 Å². The minimum Gasteiger partial charge on any atom is -0.493 e. The van der Waals surface area contributed by atoms with Gasteiger partial charge < -0.3 is 15.2 Å². The number of carbonyl (C=O) groups is 1. The first kappa shape index (κ1) is 16.8. The van der Waals surface area contributed by atoms with Crippen molar-refractivity contribution < 1.29 is 14.6 Å². The Kier molecular flexibility index (Phi) is 5.38. The summed E-state index contributed by atoms with van der Waals surface area (Å²) in [7, 11) is 0. The zero-order chi connectivity index (χ0) is 16.9. The van der Waals surface area contributed by atoms with Gasteiger partial charge >= 0.3 is 0 Å². The number of hydrogen-bond acceptors (Lipinski definition) is 3. The number of ether oxygens (including phenoxy) is 1. The highest BCUT2D eigenvalue weighted by Gasteiger charge is 2.27. The van der Waals surface area contributed by atoms with Gasteiger partial charge in [-0.1, -0.05) is 41.9 Å². The Morgan fingerprint density at radius 2 is 2.08 bits per heavy atom. The predicted octanol–water partition coefficient (Wildman–Crippen LogP) is 3.45. The van der Waals surface area contributed by atoms with Crippen LogP contribution < -0.4 is 10.1 Å². The van der Waals surface area contributed by atoms with Crippen molar-refractivity contribution in [2.24, 2.45) is 0 Å². The molecule has 2 atom stereocenters. The highest BCUT2D eigenvalue weighted by Crippen LogP contribution is 2.35. The van der Waals surface area contributed by atoms with E-state index >= 15 is 0 Å². The Morgan fingerprint density at radius 1 is 1.29 bits per heavy atom. The number of carbonyl (C=O) groups excluding carboxylic acids is 1. The first-order chi connectivity index (χ1) is 11.6. The van der Waals surface area contributed by atoms with Gasteiger partial charge in [0.25, 0.3) is 0 Å². The molecule has 0 spiro atoms. The van der Waals surface area contributed by atoms with Crippen LogP contribution in [0.3, 0.4) is 0 Å². The molecule has 0 saturated heterocycles. The highest BCUT2D eigenvalue weighted by atomic mass is 35.5. The number of aliphatic hydroxyl groups excluding tert-OH is 1. The second-order valence-electron chi connectivity index (χ2n) is 5.88. The molecule has 0 radical (unpaired) electrons. The number of rotatable bonds is 5. The van der Waals surface area contributed by atoms with Crippen LogP contribution in [0, 0.1) is 0 Å². The number of halogens is 1. The first-order valence-electron chi connectivity index (χ1n) is 8.08. The molecule has 2 aromatic rings. The molecule has 2 N–H and O–H groups in total. The molecule has 0 aliphatic carbocycles. The molecule has 0 unspecified atom stereocenters. The maximum atomic E-state index is 12.5. The summed E-state index contributed by atoms with van der Waals surface area (Å²) in [4.78, 5) is 12.5. The molecule has 0 fully saturated rings. The normalized spacial score (nSPS) is 17.5. The van der Waals surface area contributed by atoms with Crippen LogP contribution in [-0.4, -0.2) is 24.2 Å². The Hall–Kier alpha value is -2.04. The van der Waals surface area contributed by atoms with Gasteiger partial charge in [0.15, 0.2) is 0 Å². The average molecular weight is 346 g/mol. The molecule has 1 heterocycles. The fourth-order valence-electron chi connectivity index (χ4n) is 2.93. The molecule has 0 saturated carbocycles. The van der Waals surface area contributed by atoms with Crippen LogP contribution in [0.5, 0.6) is 5.75 Å². The monoisotopic (exact) mass is 345 g/mol. The fourth-order valence-corrected chi connectivity index (χ4v) is 3.12. The summed E-state index contributed by atoms with van der Waals surface area (Å²) in [6.45, 7) is 0.932. The Labute approximate surface area is 146 Å². The molecule has 1 aliphatic heterocycles. The van der Waals surface area contributed by atoms with Gasteiger partial charge in [-0.05, 0) is 36.6 Å². The van der Waals surface area contributed by atoms with E-state index in [0.717, 1.165) is 16.9 Å². The summed E-state index contributed by atoms with van der Waals surface area (Å²) in [6, 6.07) is 14.8. The standard InChI is InChI=1S/C19H20ClNO3/c20-14-6-7-18-16(12-14)15(9-11-24-18)19(23)21-10-8-17(22)13-4-2-1-3-5-13/h1-7,12,15,17,22H,8-11H2,(H,21,23)/t15-,17+/m0/s1. The van der Waals surface area contributed by atoms with Gasteiger partial charge in [-0.3, -0.25) is 4.79 Å². The minimum absolute atomic E-state index is 0.0536. The Balaban J connectivity index is 1.58. The number of benzene rings is 2. The van der Waals surface area contributed by atoms with Crippen molar-refractivity contribution in [3.63, 3.8) is 0 Å². The van der Waals surface area contributed by atoms with E-state index < -0.39 is 6.10 Å². The Bertz CT molecular complexity index is 705. The number of amides is 1. The third-order valence-corrected chi connectivity index (χ3v) is 4.46. The van der Waals surface area contributed by atoms with Crippen LogP contribution >= 0.6 is 11.6 Å². The van der Waals surface area contributed by atoms with E-state index in [-0.39, 0.29) is 11.8 Å². The van der Waals surface area contributed by atoms with Crippen molar-refractivity contribution >= 4 is 17.5 Å². The minimum atomic E-state index is -0.581. The summed E-state index contributed by atoms with van der Waals surface area (Å²) < 4.78 is 5.58. The summed E-state index contributed by atoms with van der Waals surface area (Å²) in [6.07, 6.45) is 0.518. The predicted molar refractivity (Wildman–Crippen MR) is 93.3 cm³/mol. The van der Waals surface area contributed by atoms with E-state index in [1.54, 1.807) is 18.2 Å². The number of fused-ring (bicyclic) bond motifs is 1. The Morgan fingerprint density at radius 3 is 2.88 bits per heavy atom. The van der Waals surface area contributed by atoms with Crippen LogP contribution in [0.1, 0.15) is 36.0 Å². The van der Waals surface area contributed by atoms with E-state index in [0.29, 0.717) is 31.0 Å². The quantitative estimate of drug-likeness (QED) is 0.872. The second-order valence-corrected chi connectivity index (χ2v) is 6.31. The molecule has 3 rings (SSSR count). The largest absolute Gasteiger partial charge is 0.493 e. The van der Waals surface area contributed by atoms with Crippen molar-refractivity contribution in [2.75, 3.05) is 13.2 Å². The van der Waals surface area contributed by atoms with Gasteiger partial charge in [-0.25, -0.2) is 0 Å². The molecule has 1 aliphatic rings. The van der Waals surface area contributed by atoms with E-state index in [1.165, 1.54) is 0 Å². The third-order valence-electron chi connectivity index (χ3n) is 4.23. The molecule has 24 heavy (non-hydrogen) atoms. The molecule has 5 heteroatoms. The molecule has 0 bridgehead atoms. The lowest BCUT2D eigenvalue weighted by atomic mass is 9.92. The van der Waals surface area contributed by atoms with Crippen LogP contribution in [0.25, 0.3) is 0 Å². The van der Waals surface area contributed by atoms with E-state index in [4.69, 9.17) is 16.3 Å². The number of nitrogens with one attached hydrogen (secondary N) is 1. The fraction of sp³-hybridized carbons (Fsp3) is 0.316. The number of hydrogen-bond donors (Lipinski definition) is 2. The van der Waals surface area contributed by atoms with Crippen molar-refractivity contribution in [3.05, 3.63) is 64.7 Å². The zero-order valence-corrected chi connectivity index (χ0v) is 14.0. The molecule has 4 nitrogen and oxygen atoms in total. The summed E-state index contributed by atoms with van der Waals surface area (Å²) in [5.74, 6) is 0.401. The van der Waals surface area contributed by atoms with Crippen molar-refractivity contribution in [1.82, 2.24) is 5.32 Å². The molecular formula is C19H20ClNO3. The summed E-state index contributed by atoms with van der Waals surface area (Å²) in [5, 5.41) is 13.7. The molecule has 2 aromatic carbocycles. The second kappa shape index (κ2) is 7.69. The van der Waals surface area contributed by atoms with Crippen molar-refractivity contribution in [1.29, 1.82) is 0 Å². The van der Waals surface area contributed by atoms with Gasteiger partial charge in [0.1, 0.15) is 5.75 Å². The summed E-state index contributed by atoms with van der Waals surface area (Å²) in [5.41, 5.74) is 1.69. The van der Waals surface area contributed by atoms with Crippen molar-refractivity contribution in [2.45, 2.75) is 24.9 Å². The van der Waals surface area contributed by atoms with E-state index in [9.17, 15) is 9.90 Å². The van der Waals surface area contributed by atoms with Gasteiger partial charge in [0, 0.05) is 17.1 Å². The smallest absolute Gasteiger partial charge is 0.227 e. The summed E-state index contributed by atoms with van der Waals surface area (Å²) >= 11 is 6.04. The number of aliphatic hydroxyl groups is 1. The van der Waals surface area contributed by atoms with E-state index in [1.807, 2.05) is 30.3 Å². The van der Waals surface area contributed by atoms with Crippen LogP contribution in [0.15, 0.2) is 48.5 Å². The maximum absolute atomic E-state index is 12.5. The first-order valence-corrected chi connectivity index (χ1v) is 8.46. The lowest BCUT2D eigenvalue weighted by Gasteiger charge is -2.25. The zero-order valence-electron chi connectivity index (χ0n) is 13.2. The SMILES string of the molecule is O=C(NCC[C@@H](O)c1ccccc1)[C@H]1CCOc2ccc(Cl)cc21. The maximum Gasteiger partial charge on any atom is 0.227 e. The van der Waals surface area contributed by atoms with Gasteiger partial charge in [-0.15, -0.1) is 0 Å². The van der Waals surface area contributed by atoms with Crippen LogP contribution in [0.2, 0.25) is 5.02 Å². The highest BCUT2D eigenvalue weighted by molar-refractivity contribution is 6.30. The van der Waals surface area contributed by atoms with Gasteiger partial charge in [0.2, 0.25) is 5.91 Å². The lowest BCUT2D eigenvalue weighted by molar-refractivity contribution is -0.123.